The van der Waals surface area contributed by atoms with E-state index in [2.05, 4.69) is 33.4 Å². The van der Waals surface area contributed by atoms with Crippen LogP contribution in [0.1, 0.15) is 146 Å². The summed E-state index contributed by atoms with van der Waals surface area (Å²) in [5, 5.41) is 46.6. The molecule has 0 spiro atoms. The van der Waals surface area contributed by atoms with Crippen molar-refractivity contribution in [1.82, 2.24) is 15.0 Å². The Bertz CT molecular complexity index is 2980. The number of carboxylic acids is 2. The van der Waals surface area contributed by atoms with Crippen LogP contribution in [-0.4, -0.2) is 80.5 Å². The summed E-state index contributed by atoms with van der Waals surface area (Å²) in [4.78, 5) is 32.2. The van der Waals surface area contributed by atoms with E-state index in [1.54, 1.807) is 31.2 Å². The van der Waals surface area contributed by atoms with Gasteiger partial charge in [0.2, 0.25) is 0 Å². The fourth-order valence-corrected chi connectivity index (χ4v) is 9.32. The van der Waals surface area contributed by atoms with Crippen LogP contribution in [0, 0.1) is 69.5 Å². The van der Waals surface area contributed by atoms with E-state index >= 15 is 0 Å². The number of aromatic nitrogens is 3. The standard InChI is InChI=1S/C19H20F3N3O2.C15H24BF3O2.C15H16F3N3.C6H4ClN3.C5H8O2/c1-12(18(26)27)10-24-16-8-14(17(9-23)25-11-16)5-2-13-3-6-15(7-4-13)19(20,21)22;1-13(2)14(3,4)21-16(20-13)10-9-11-5-7-12(8-6-11)15(17,18)19;16-15(17,18)12-5-2-10(3-6-12)1-4-11-7-13(20)9-21-14(11)8-19;7-5-1-4(9)3-10-6(5)2-8;1-3-4(2)5(6)7/h2,5,8,11,13,15,24H,1,3-4,6-7,10H2,(H,26,27);9-12H,5-8H2,1-4H3;1,4,7,9-10,12H,2-3,5-6,20H2;1,3H,9H2;2-3H2,1H3,(H,6,7)/b5-2+;10-9+;4-1+;;. The number of nitrogens with one attached hydrogen (secondary N) is 1. The van der Waals surface area contributed by atoms with Crippen LogP contribution in [-0.2, 0) is 18.9 Å². The van der Waals surface area contributed by atoms with Crippen molar-refractivity contribution in [2.75, 3.05) is 23.3 Å². The number of nitriles is 3. The molecule has 4 heterocycles. The summed E-state index contributed by atoms with van der Waals surface area (Å²) in [6, 6.07) is 10.6. The number of nitrogen functional groups attached to an aromatic ring is 2. The van der Waals surface area contributed by atoms with E-state index in [0.717, 1.165) is 0 Å². The molecule has 3 aromatic rings. The van der Waals surface area contributed by atoms with Gasteiger partial charge in [-0.15, -0.1) is 0 Å². The zero-order valence-corrected chi connectivity index (χ0v) is 49.2. The van der Waals surface area contributed by atoms with Gasteiger partial charge in [-0.25, -0.2) is 24.5 Å². The number of rotatable bonds is 12. The van der Waals surface area contributed by atoms with Crippen LogP contribution in [0.3, 0.4) is 0 Å². The van der Waals surface area contributed by atoms with E-state index in [1.165, 1.54) is 24.7 Å². The van der Waals surface area contributed by atoms with Gasteiger partial charge in [0.05, 0.1) is 69.6 Å². The van der Waals surface area contributed by atoms with Crippen molar-refractivity contribution in [3.05, 3.63) is 119 Å². The molecule has 0 bridgehead atoms. The Morgan fingerprint density at radius 3 is 1.35 bits per heavy atom. The number of carboxylic acid groups (broad SMARTS) is 2. The zero-order chi connectivity index (χ0) is 64.8. The second-order valence-corrected chi connectivity index (χ2v) is 22.4. The molecule has 4 fully saturated rings. The molecule has 466 valence electrons. The predicted octanol–water partition coefficient (Wildman–Crippen LogP) is 15.1. The first-order valence-corrected chi connectivity index (χ1v) is 27.9. The van der Waals surface area contributed by atoms with Gasteiger partial charge in [0.15, 0.2) is 5.69 Å². The van der Waals surface area contributed by atoms with Gasteiger partial charge >= 0.3 is 37.6 Å². The van der Waals surface area contributed by atoms with Gasteiger partial charge in [-0.05, 0) is 147 Å². The maximum Gasteiger partial charge on any atom is 0.486 e. The van der Waals surface area contributed by atoms with Crippen LogP contribution < -0.4 is 16.8 Å². The summed E-state index contributed by atoms with van der Waals surface area (Å²) in [5.74, 6) is -3.35. The molecule has 0 amide bonds. The average Bonchev–Trinajstić information content (AvgIpc) is 3.89. The van der Waals surface area contributed by atoms with E-state index in [0.29, 0.717) is 78.2 Å². The molecule has 7 rings (SSSR count). The second-order valence-electron chi connectivity index (χ2n) is 22.0. The van der Waals surface area contributed by atoms with Gasteiger partial charge in [0, 0.05) is 28.8 Å². The highest BCUT2D eigenvalue weighted by molar-refractivity contribution is 6.51. The SMILES string of the molecule is C=C(CC)C(=O)O.C=C(CNc1cnc(C#N)c(/C=C/C2CCC(C(F)(F)F)CC2)c1)C(=O)O.CC1(C)OB(/C=C/C2CCC(C(F)(F)F)CC2)OC1(C)C.N#Cc1ncc(N)cc1/C=C/C1CCC(C(F)(F)F)CC1.N#Cc1ncc(N)cc1Cl. The molecule has 86 heavy (non-hydrogen) atoms. The topological polar surface area (TPSA) is 267 Å². The van der Waals surface area contributed by atoms with Gasteiger partial charge in [0.1, 0.15) is 29.6 Å². The molecule has 7 N–H and O–H groups in total. The van der Waals surface area contributed by atoms with Gasteiger partial charge < -0.3 is 36.3 Å². The summed E-state index contributed by atoms with van der Waals surface area (Å²) in [6.45, 7) is 16.4. The number of alkyl halides is 9. The maximum atomic E-state index is 12.7. The van der Waals surface area contributed by atoms with Crippen molar-refractivity contribution >= 4 is 59.9 Å². The number of carbonyl (C=O) groups is 2. The molecule has 26 heteroatoms. The van der Waals surface area contributed by atoms with Crippen molar-refractivity contribution < 1.29 is 68.6 Å². The van der Waals surface area contributed by atoms with Crippen molar-refractivity contribution in [3.63, 3.8) is 0 Å². The van der Waals surface area contributed by atoms with E-state index in [-0.39, 0.29) is 102 Å². The first kappa shape index (κ1) is 72.9. The van der Waals surface area contributed by atoms with Crippen molar-refractivity contribution in [2.45, 2.75) is 148 Å². The lowest BCUT2D eigenvalue weighted by Gasteiger charge is -2.32. The average molecular weight is 1230 g/mol. The zero-order valence-electron chi connectivity index (χ0n) is 48.4. The third kappa shape index (κ3) is 24.2. The molecule has 3 aromatic heterocycles. The largest absolute Gasteiger partial charge is 0.486 e. The fourth-order valence-electron chi connectivity index (χ4n) is 9.10. The molecule has 3 aliphatic carbocycles. The Balaban J connectivity index is 0.000000299. The molecule has 0 aromatic carbocycles. The van der Waals surface area contributed by atoms with E-state index in [4.69, 9.17) is 53.1 Å². The highest BCUT2D eigenvalue weighted by Crippen LogP contribution is 2.43. The molecule has 1 saturated heterocycles. The molecule has 0 atom stereocenters. The van der Waals surface area contributed by atoms with E-state index in [9.17, 15) is 54.4 Å². The van der Waals surface area contributed by atoms with Gasteiger partial charge in [-0.1, -0.05) is 68.0 Å². The monoisotopic (exact) mass is 1230 g/mol. The minimum absolute atomic E-state index is 0.0159. The minimum atomic E-state index is -4.13. The number of halogens is 10. The summed E-state index contributed by atoms with van der Waals surface area (Å²) in [7, 11) is -0.407. The number of anilines is 3. The van der Waals surface area contributed by atoms with Crippen molar-refractivity contribution in [1.29, 1.82) is 15.8 Å². The molecule has 4 aliphatic rings. The summed E-state index contributed by atoms with van der Waals surface area (Å²) < 4.78 is 125. The van der Waals surface area contributed by atoms with Crippen LogP contribution in [0.25, 0.3) is 12.2 Å². The number of nitrogens with two attached hydrogens (primary N) is 2. The van der Waals surface area contributed by atoms with E-state index < -0.39 is 55.3 Å². The molecular weight excluding hydrogens is 1160 g/mol. The van der Waals surface area contributed by atoms with Crippen molar-refractivity contribution in [3.8, 4) is 18.2 Å². The van der Waals surface area contributed by atoms with Crippen LogP contribution in [0.2, 0.25) is 5.02 Å². The lowest BCUT2D eigenvalue weighted by atomic mass is 9.79. The minimum Gasteiger partial charge on any atom is -0.478 e. The highest BCUT2D eigenvalue weighted by Gasteiger charge is 2.50. The number of hydrogen-bond donors (Lipinski definition) is 5. The number of aliphatic carboxylic acids is 2. The smallest absolute Gasteiger partial charge is 0.478 e. The summed E-state index contributed by atoms with van der Waals surface area (Å²) in [6.07, 6.45) is 5.67. The lowest BCUT2D eigenvalue weighted by molar-refractivity contribution is -0.183. The van der Waals surface area contributed by atoms with Crippen LogP contribution in [0.5, 0.6) is 0 Å². The van der Waals surface area contributed by atoms with Gasteiger partial charge in [0.25, 0.3) is 0 Å². The lowest BCUT2D eigenvalue weighted by Crippen LogP contribution is -2.41. The number of hydrogen-bond acceptors (Lipinski definition) is 13. The van der Waals surface area contributed by atoms with Crippen LogP contribution in [0.4, 0.5) is 56.6 Å². The Morgan fingerprint density at radius 1 is 0.640 bits per heavy atom. The van der Waals surface area contributed by atoms with Crippen LogP contribution in [0.15, 0.2) is 85.3 Å². The quantitative estimate of drug-likeness (QED) is 0.0641. The Morgan fingerprint density at radius 2 is 1.00 bits per heavy atom. The summed E-state index contributed by atoms with van der Waals surface area (Å²) in [5.41, 5.74) is 13.7. The van der Waals surface area contributed by atoms with Crippen molar-refractivity contribution in [2.24, 2.45) is 35.5 Å². The predicted molar refractivity (Wildman–Crippen MR) is 311 cm³/mol. The van der Waals surface area contributed by atoms with Gasteiger partial charge in [-0.3, -0.25) is 0 Å². The number of allylic oxidation sites excluding steroid dienone is 3. The number of nitrogens with zero attached hydrogens (tertiary/aromatic N) is 6. The second kappa shape index (κ2) is 32.9. The number of pyridine rings is 3. The Kier molecular flexibility index (Phi) is 27.9. The first-order valence-electron chi connectivity index (χ1n) is 27.6. The molecule has 3 saturated carbocycles. The molecule has 1 aliphatic heterocycles. The highest BCUT2D eigenvalue weighted by atomic mass is 35.5. The first-order chi connectivity index (χ1) is 40.0. The normalized spacial score (nSPS) is 21.7. The third-order valence-electron chi connectivity index (χ3n) is 15.2. The van der Waals surface area contributed by atoms with Crippen LogP contribution >= 0.6 is 11.6 Å². The molecule has 0 radical (unpaired) electrons. The third-order valence-corrected chi connectivity index (χ3v) is 15.5. The Labute approximate surface area is 500 Å². The molecule has 15 nitrogen and oxygen atoms in total. The Hall–Kier alpha value is -7.40. The summed E-state index contributed by atoms with van der Waals surface area (Å²) >= 11 is 5.56. The maximum absolute atomic E-state index is 12.7. The molecular formula is C60H72BClF9N9O6. The van der Waals surface area contributed by atoms with Gasteiger partial charge in [-0.2, -0.15) is 55.3 Å². The van der Waals surface area contributed by atoms with E-state index in [1.807, 2.05) is 70.1 Å². The molecule has 0 unspecified atom stereocenters. The fraction of sp³-hybridized carbons (Fsp3) is 0.500.